The van der Waals surface area contributed by atoms with Crippen LogP contribution in [0.4, 0.5) is 4.39 Å². The molecule has 0 radical (unpaired) electrons. The molecule has 0 unspecified atom stereocenters. The van der Waals surface area contributed by atoms with Gasteiger partial charge in [0.2, 0.25) is 0 Å². The summed E-state index contributed by atoms with van der Waals surface area (Å²) in [5.41, 5.74) is 3.89. The minimum Gasteiger partial charge on any atom is -0.494 e. The predicted octanol–water partition coefficient (Wildman–Crippen LogP) is 3.53. The van der Waals surface area contributed by atoms with Gasteiger partial charge < -0.3 is 9.47 Å². The zero-order chi connectivity index (χ0) is 18.1. The van der Waals surface area contributed by atoms with Crippen LogP contribution >= 0.6 is 0 Å². The number of benzene rings is 2. The number of carbonyl (C=O) groups is 1. The van der Waals surface area contributed by atoms with Crippen molar-refractivity contribution in [2.45, 2.75) is 20.3 Å². The Morgan fingerprint density at radius 2 is 1.84 bits per heavy atom. The lowest BCUT2D eigenvalue weighted by Crippen LogP contribution is -2.25. The van der Waals surface area contributed by atoms with Gasteiger partial charge in [0.25, 0.3) is 5.91 Å². The van der Waals surface area contributed by atoms with Gasteiger partial charge in [0.15, 0.2) is 18.2 Å². The Labute approximate surface area is 146 Å². The van der Waals surface area contributed by atoms with Crippen LogP contribution in [-0.4, -0.2) is 24.8 Å². The van der Waals surface area contributed by atoms with Gasteiger partial charge in [-0.1, -0.05) is 19.1 Å². The van der Waals surface area contributed by atoms with Crippen LogP contribution in [0.15, 0.2) is 53.6 Å². The van der Waals surface area contributed by atoms with Gasteiger partial charge in [0, 0.05) is 0 Å². The van der Waals surface area contributed by atoms with Gasteiger partial charge in [-0.2, -0.15) is 5.10 Å². The molecular weight excluding hydrogens is 323 g/mol. The highest BCUT2D eigenvalue weighted by molar-refractivity contribution is 5.99. The van der Waals surface area contributed by atoms with Crippen LogP contribution in [0.3, 0.4) is 0 Å². The summed E-state index contributed by atoms with van der Waals surface area (Å²) in [5, 5.41) is 4.02. The highest BCUT2D eigenvalue weighted by atomic mass is 19.1. The number of carbonyl (C=O) groups excluding carboxylic acids is 1. The lowest BCUT2D eigenvalue weighted by atomic mass is 10.1. The summed E-state index contributed by atoms with van der Waals surface area (Å²) in [4.78, 5) is 11.8. The molecule has 25 heavy (non-hydrogen) atoms. The Bertz CT molecular complexity index is 730. The van der Waals surface area contributed by atoms with Gasteiger partial charge >= 0.3 is 0 Å². The van der Waals surface area contributed by atoms with Gasteiger partial charge in [0.05, 0.1) is 12.3 Å². The molecule has 0 heterocycles. The third kappa shape index (κ3) is 5.91. The van der Waals surface area contributed by atoms with Crippen LogP contribution in [-0.2, 0) is 4.79 Å². The second-order valence-corrected chi connectivity index (χ2v) is 5.32. The number of para-hydroxylation sites is 1. The Hall–Kier alpha value is -2.89. The van der Waals surface area contributed by atoms with E-state index in [1.807, 2.05) is 31.2 Å². The Balaban J connectivity index is 1.85. The summed E-state index contributed by atoms with van der Waals surface area (Å²) in [6.07, 6.45) is 0.948. The normalized spacial score (nSPS) is 11.1. The molecule has 5 nitrogen and oxygen atoms in total. The number of hydrogen-bond donors (Lipinski definition) is 1. The van der Waals surface area contributed by atoms with E-state index >= 15 is 0 Å². The molecular formula is C19H21FN2O3. The lowest BCUT2D eigenvalue weighted by molar-refractivity contribution is -0.123. The molecule has 2 rings (SSSR count). The van der Waals surface area contributed by atoms with Crippen molar-refractivity contribution in [2.24, 2.45) is 5.10 Å². The van der Waals surface area contributed by atoms with Crippen LogP contribution in [0.5, 0.6) is 11.5 Å². The summed E-state index contributed by atoms with van der Waals surface area (Å²) in [6, 6.07) is 13.3. The molecule has 6 heteroatoms. The van der Waals surface area contributed by atoms with E-state index in [1.165, 1.54) is 12.1 Å². The number of amides is 1. The van der Waals surface area contributed by atoms with Crippen LogP contribution in [0, 0.1) is 5.82 Å². The summed E-state index contributed by atoms with van der Waals surface area (Å²) >= 11 is 0. The highest BCUT2D eigenvalue weighted by Gasteiger charge is 2.06. The van der Waals surface area contributed by atoms with E-state index in [0.29, 0.717) is 12.3 Å². The van der Waals surface area contributed by atoms with E-state index in [-0.39, 0.29) is 12.4 Å². The second-order valence-electron chi connectivity index (χ2n) is 5.32. The summed E-state index contributed by atoms with van der Waals surface area (Å²) < 4.78 is 24.0. The van der Waals surface area contributed by atoms with Crippen molar-refractivity contribution in [2.75, 3.05) is 13.2 Å². The van der Waals surface area contributed by atoms with Gasteiger partial charge in [0.1, 0.15) is 5.75 Å². The number of nitrogens with one attached hydrogen (secondary N) is 1. The Kier molecular flexibility index (Phi) is 6.95. The first-order chi connectivity index (χ1) is 12.1. The monoisotopic (exact) mass is 344 g/mol. The van der Waals surface area contributed by atoms with Gasteiger partial charge in [-0.25, -0.2) is 9.82 Å². The highest BCUT2D eigenvalue weighted by Crippen LogP contribution is 2.15. The maximum absolute atomic E-state index is 13.4. The molecule has 0 aliphatic carbocycles. The Morgan fingerprint density at radius 1 is 1.12 bits per heavy atom. The van der Waals surface area contributed by atoms with E-state index in [1.54, 1.807) is 19.1 Å². The molecule has 0 aliphatic rings. The number of ether oxygens (including phenoxy) is 2. The minimum atomic E-state index is -0.514. The van der Waals surface area contributed by atoms with Crippen LogP contribution in [0.1, 0.15) is 25.8 Å². The molecule has 0 saturated carbocycles. The van der Waals surface area contributed by atoms with Crippen molar-refractivity contribution in [3.63, 3.8) is 0 Å². The average Bonchev–Trinajstić information content (AvgIpc) is 2.64. The molecule has 0 aromatic heterocycles. The molecule has 0 atom stereocenters. The van der Waals surface area contributed by atoms with E-state index in [0.717, 1.165) is 17.7 Å². The molecule has 0 bridgehead atoms. The molecule has 132 valence electrons. The maximum Gasteiger partial charge on any atom is 0.277 e. The third-order valence-corrected chi connectivity index (χ3v) is 3.29. The van der Waals surface area contributed by atoms with Gasteiger partial charge in [-0.05, 0) is 55.3 Å². The fraction of sp³-hybridized carbons (Fsp3) is 0.263. The van der Waals surface area contributed by atoms with Gasteiger partial charge in [-0.15, -0.1) is 0 Å². The van der Waals surface area contributed by atoms with Gasteiger partial charge in [-0.3, -0.25) is 4.79 Å². The van der Waals surface area contributed by atoms with E-state index in [2.05, 4.69) is 10.5 Å². The fourth-order valence-corrected chi connectivity index (χ4v) is 1.96. The zero-order valence-electron chi connectivity index (χ0n) is 14.3. The molecule has 1 amide bonds. The van der Waals surface area contributed by atoms with Crippen molar-refractivity contribution in [3.05, 3.63) is 59.9 Å². The lowest BCUT2D eigenvalue weighted by Gasteiger charge is -2.07. The molecule has 0 aliphatic heterocycles. The second kappa shape index (κ2) is 9.42. The quantitative estimate of drug-likeness (QED) is 0.589. The number of hydrogen-bond acceptors (Lipinski definition) is 4. The van der Waals surface area contributed by atoms with Crippen molar-refractivity contribution in [3.8, 4) is 11.5 Å². The standard InChI is InChI=1S/C19H21FN2O3/c1-3-12-24-16-10-8-15(9-11-16)14(2)21-22-19(23)13-25-18-7-5-4-6-17(18)20/h4-11H,3,12-13H2,1-2H3,(H,22,23)/b21-14+. The Morgan fingerprint density at radius 3 is 2.52 bits per heavy atom. The number of nitrogens with zero attached hydrogens (tertiary/aromatic N) is 1. The maximum atomic E-state index is 13.4. The smallest absolute Gasteiger partial charge is 0.277 e. The van der Waals surface area contributed by atoms with E-state index in [9.17, 15) is 9.18 Å². The van der Waals surface area contributed by atoms with Crippen molar-refractivity contribution < 1.29 is 18.7 Å². The summed E-state index contributed by atoms with van der Waals surface area (Å²) in [7, 11) is 0. The van der Waals surface area contributed by atoms with Crippen LogP contribution < -0.4 is 14.9 Å². The molecule has 1 N–H and O–H groups in total. The van der Waals surface area contributed by atoms with Crippen molar-refractivity contribution in [1.29, 1.82) is 0 Å². The first-order valence-corrected chi connectivity index (χ1v) is 8.04. The largest absolute Gasteiger partial charge is 0.494 e. The van der Waals surface area contributed by atoms with Crippen molar-refractivity contribution >= 4 is 11.6 Å². The number of rotatable bonds is 8. The fourth-order valence-electron chi connectivity index (χ4n) is 1.96. The first-order valence-electron chi connectivity index (χ1n) is 8.04. The van der Waals surface area contributed by atoms with Crippen LogP contribution in [0.2, 0.25) is 0 Å². The number of hydrazone groups is 1. The average molecular weight is 344 g/mol. The van der Waals surface area contributed by atoms with E-state index in [4.69, 9.17) is 9.47 Å². The molecule has 0 saturated heterocycles. The van der Waals surface area contributed by atoms with Crippen LogP contribution in [0.25, 0.3) is 0 Å². The summed E-state index contributed by atoms with van der Waals surface area (Å²) in [6.45, 7) is 4.18. The number of halogens is 1. The minimum absolute atomic E-state index is 0.0287. The van der Waals surface area contributed by atoms with Crippen molar-refractivity contribution in [1.82, 2.24) is 5.43 Å². The molecule has 0 fully saturated rings. The predicted molar refractivity (Wildman–Crippen MR) is 94.5 cm³/mol. The molecule has 0 spiro atoms. The third-order valence-electron chi connectivity index (χ3n) is 3.29. The SMILES string of the molecule is CCCOc1ccc(/C(C)=N/NC(=O)COc2ccccc2F)cc1. The van der Waals surface area contributed by atoms with E-state index < -0.39 is 11.7 Å². The molecule has 2 aromatic carbocycles. The summed E-state index contributed by atoms with van der Waals surface area (Å²) in [5.74, 6) is -0.160. The molecule has 2 aromatic rings. The topological polar surface area (TPSA) is 59.9 Å². The zero-order valence-corrected chi connectivity index (χ0v) is 14.3. The first kappa shape index (κ1) is 18.4.